The first-order chi connectivity index (χ1) is 8.97. The molecule has 0 spiro atoms. The van der Waals surface area contributed by atoms with Crippen molar-refractivity contribution in [1.29, 1.82) is 0 Å². The van der Waals surface area contributed by atoms with Gasteiger partial charge in [-0.3, -0.25) is 4.79 Å². The van der Waals surface area contributed by atoms with E-state index in [0.29, 0.717) is 15.9 Å². The van der Waals surface area contributed by atoms with Crippen LogP contribution in [0.25, 0.3) is 0 Å². The van der Waals surface area contributed by atoms with Gasteiger partial charge in [0, 0.05) is 4.47 Å². The maximum absolute atomic E-state index is 11.9. The summed E-state index contributed by atoms with van der Waals surface area (Å²) < 4.78 is 5.69. The van der Waals surface area contributed by atoms with E-state index in [1.807, 2.05) is 0 Å². The third-order valence-corrected chi connectivity index (χ3v) is 3.08. The predicted octanol–water partition coefficient (Wildman–Crippen LogP) is 3.30. The molecule has 5 nitrogen and oxygen atoms in total. The van der Waals surface area contributed by atoms with Crippen LogP contribution in [0.4, 0.5) is 5.69 Å². The van der Waals surface area contributed by atoms with Crippen LogP contribution in [-0.2, 0) is 0 Å². The van der Waals surface area contributed by atoms with Gasteiger partial charge in [0.15, 0.2) is 5.76 Å². The van der Waals surface area contributed by atoms with Gasteiger partial charge in [-0.1, -0.05) is 0 Å². The Balaban J connectivity index is 2.20. The lowest BCUT2D eigenvalue weighted by Crippen LogP contribution is -2.11. The number of furan rings is 1. The smallest absolute Gasteiger partial charge is 0.335 e. The third-order valence-electron chi connectivity index (χ3n) is 2.43. The minimum Gasteiger partial charge on any atom is -0.478 e. The number of carbonyl (C=O) groups excluding carboxylic acids is 1. The highest BCUT2D eigenvalue weighted by Gasteiger charge is 2.13. The minimum atomic E-state index is -1.03. The molecule has 0 unspecified atom stereocenters. The quantitative estimate of drug-likeness (QED) is 0.908. The fourth-order valence-electron chi connectivity index (χ4n) is 1.49. The Hall–Kier alpha value is -2.08. The molecule has 0 fully saturated rings. The number of aryl methyl sites for hydroxylation is 1. The highest BCUT2D eigenvalue weighted by molar-refractivity contribution is 9.10. The SMILES string of the molecule is Cc1ccc(C(=O)Nc2ccc(C(=O)O)cc2Br)o1. The Labute approximate surface area is 117 Å². The zero-order valence-electron chi connectivity index (χ0n) is 9.94. The molecule has 1 heterocycles. The van der Waals surface area contributed by atoms with E-state index in [-0.39, 0.29) is 11.3 Å². The average Bonchev–Trinajstić information content (AvgIpc) is 2.78. The molecule has 2 N–H and O–H groups in total. The first-order valence-electron chi connectivity index (χ1n) is 5.38. The number of benzene rings is 1. The number of nitrogens with one attached hydrogen (secondary N) is 1. The summed E-state index contributed by atoms with van der Waals surface area (Å²) in [5, 5.41) is 11.5. The Kier molecular flexibility index (Phi) is 3.71. The van der Waals surface area contributed by atoms with Crippen molar-refractivity contribution in [2.75, 3.05) is 5.32 Å². The van der Waals surface area contributed by atoms with Crippen molar-refractivity contribution in [3.63, 3.8) is 0 Å². The maximum Gasteiger partial charge on any atom is 0.335 e. The number of carboxylic acid groups (broad SMARTS) is 1. The molecule has 0 aliphatic carbocycles. The molecule has 2 rings (SSSR count). The van der Waals surface area contributed by atoms with Gasteiger partial charge in [0.25, 0.3) is 5.91 Å². The lowest BCUT2D eigenvalue weighted by Gasteiger charge is -2.06. The van der Waals surface area contributed by atoms with E-state index in [2.05, 4.69) is 21.2 Å². The molecule has 1 aromatic heterocycles. The molecule has 0 aliphatic rings. The standard InChI is InChI=1S/C13H10BrNO4/c1-7-2-5-11(19-7)12(16)15-10-4-3-8(13(17)18)6-9(10)14/h2-6H,1H3,(H,15,16)(H,17,18). The van der Waals surface area contributed by atoms with Crippen molar-refractivity contribution in [3.8, 4) is 0 Å². The lowest BCUT2D eigenvalue weighted by atomic mass is 10.2. The second kappa shape index (κ2) is 5.27. The summed E-state index contributed by atoms with van der Waals surface area (Å²) in [6.45, 7) is 1.74. The molecule has 1 amide bonds. The van der Waals surface area contributed by atoms with Crippen molar-refractivity contribution in [1.82, 2.24) is 0 Å². The number of anilines is 1. The van der Waals surface area contributed by atoms with Crippen LogP contribution in [0.5, 0.6) is 0 Å². The van der Waals surface area contributed by atoms with Crippen LogP contribution in [-0.4, -0.2) is 17.0 Å². The van der Waals surface area contributed by atoms with Gasteiger partial charge in [-0.2, -0.15) is 0 Å². The predicted molar refractivity (Wildman–Crippen MR) is 72.5 cm³/mol. The summed E-state index contributed by atoms with van der Waals surface area (Å²) in [5.74, 6) is -0.575. The summed E-state index contributed by atoms with van der Waals surface area (Å²) in [5.41, 5.74) is 0.614. The van der Waals surface area contributed by atoms with Gasteiger partial charge >= 0.3 is 5.97 Å². The summed E-state index contributed by atoms with van der Waals surface area (Å²) in [6.07, 6.45) is 0. The Morgan fingerprint density at radius 2 is 2.00 bits per heavy atom. The molecule has 2 aromatic rings. The van der Waals surface area contributed by atoms with Gasteiger partial charge in [-0.15, -0.1) is 0 Å². The number of carbonyl (C=O) groups is 2. The van der Waals surface area contributed by atoms with Crippen LogP contribution >= 0.6 is 15.9 Å². The van der Waals surface area contributed by atoms with E-state index in [4.69, 9.17) is 9.52 Å². The van der Waals surface area contributed by atoms with Crippen molar-refractivity contribution in [2.24, 2.45) is 0 Å². The second-order valence-electron chi connectivity index (χ2n) is 3.86. The number of amides is 1. The molecule has 0 aliphatic heterocycles. The van der Waals surface area contributed by atoms with E-state index < -0.39 is 11.9 Å². The molecule has 98 valence electrons. The van der Waals surface area contributed by atoms with Crippen LogP contribution in [0, 0.1) is 6.92 Å². The molecule has 0 radical (unpaired) electrons. The van der Waals surface area contributed by atoms with E-state index in [0.717, 1.165) is 0 Å². The molecule has 1 aromatic carbocycles. The second-order valence-corrected chi connectivity index (χ2v) is 4.72. The Morgan fingerprint density at radius 1 is 1.26 bits per heavy atom. The molecule has 0 bridgehead atoms. The molecular weight excluding hydrogens is 314 g/mol. The highest BCUT2D eigenvalue weighted by Crippen LogP contribution is 2.24. The summed E-state index contributed by atoms with van der Waals surface area (Å²) in [6, 6.07) is 7.62. The highest BCUT2D eigenvalue weighted by atomic mass is 79.9. The van der Waals surface area contributed by atoms with E-state index >= 15 is 0 Å². The topological polar surface area (TPSA) is 79.5 Å². The van der Waals surface area contributed by atoms with Crippen LogP contribution in [0.3, 0.4) is 0 Å². The molecule has 0 saturated carbocycles. The Morgan fingerprint density at radius 3 is 2.53 bits per heavy atom. The summed E-state index contributed by atoms with van der Waals surface area (Å²) in [4.78, 5) is 22.6. The third kappa shape index (κ3) is 3.03. The molecule has 0 saturated heterocycles. The van der Waals surface area contributed by atoms with Gasteiger partial charge in [0.05, 0.1) is 11.3 Å². The summed E-state index contributed by atoms with van der Waals surface area (Å²) >= 11 is 3.21. The van der Waals surface area contributed by atoms with Crippen molar-refractivity contribution in [3.05, 3.63) is 51.9 Å². The molecular formula is C13H10BrNO4. The average molecular weight is 324 g/mol. The van der Waals surface area contributed by atoms with Crippen LogP contribution < -0.4 is 5.32 Å². The minimum absolute atomic E-state index is 0.138. The van der Waals surface area contributed by atoms with E-state index in [1.54, 1.807) is 19.1 Å². The van der Waals surface area contributed by atoms with E-state index in [9.17, 15) is 9.59 Å². The van der Waals surface area contributed by atoms with Crippen LogP contribution in [0.2, 0.25) is 0 Å². The van der Waals surface area contributed by atoms with Crippen molar-refractivity contribution >= 4 is 33.5 Å². The van der Waals surface area contributed by atoms with Crippen LogP contribution in [0.15, 0.2) is 39.2 Å². The zero-order chi connectivity index (χ0) is 14.0. The van der Waals surface area contributed by atoms with Gasteiger partial charge < -0.3 is 14.8 Å². The van der Waals surface area contributed by atoms with Crippen molar-refractivity contribution in [2.45, 2.75) is 6.92 Å². The normalized spacial score (nSPS) is 10.2. The van der Waals surface area contributed by atoms with Gasteiger partial charge in [-0.05, 0) is 53.2 Å². The number of halogens is 1. The maximum atomic E-state index is 11.9. The number of aromatic carboxylic acids is 1. The number of carboxylic acids is 1. The number of rotatable bonds is 3. The monoisotopic (exact) mass is 323 g/mol. The number of hydrogen-bond acceptors (Lipinski definition) is 3. The Bertz CT molecular complexity index is 648. The first kappa shape index (κ1) is 13.4. The first-order valence-corrected chi connectivity index (χ1v) is 6.17. The van der Waals surface area contributed by atoms with Gasteiger partial charge in [-0.25, -0.2) is 4.79 Å². The molecule has 6 heteroatoms. The number of hydrogen-bond donors (Lipinski definition) is 2. The largest absolute Gasteiger partial charge is 0.478 e. The lowest BCUT2D eigenvalue weighted by molar-refractivity contribution is 0.0696. The molecule has 0 atom stereocenters. The summed E-state index contributed by atoms with van der Waals surface area (Å²) in [7, 11) is 0. The fraction of sp³-hybridized carbons (Fsp3) is 0.0769. The van der Waals surface area contributed by atoms with Crippen molar-refractivity contribution < 1.29 is 19.1 Å². The fourth-order valence-corrected chi connectivity index (χ4v) is 1.97. The molecule has 19 heavy (non-hydrogen) atoms. The zero-order valence-corrected chi connectivity index (χ0v) is 11.5. The van der Waals surface area contributed by atoms with E-state index in [1.165, 1.54) is 18.2 Å². The van der Waals surface area contributed by atoms with Crippen LogP contribution in [0.1, 0.15) is 26.7 Å². The van der Waals surface area contributed by atoms with Gasteiger partial charge in [0.2, 0.25) is 0 Å². The van der Waals surface area contributed by atoms with Gasteiger partial charge in [0.1, 0.15) is 5.76 Å².